The molecule has 7 nitrogen and oxygen atoms in total. The minimum atomic E-state index is -2.75. The summed E-state index contributed by atoms with van der Waals surface area (Å²) in [6.07, 6.45) is 0.00375. The SMILES string of the molecule is COC(=O)C12CCCC1CN(c1ccc3nnc(C(F)F)n3n1)C2. The summed E-state index contributed by atoms with van der Waals surface area (Å²) in [4.78, 5) is 14.3. The highest BCUT2D eigenvalue weighted by Crippen LogP contribution is 2.50. The monoisotopic (exact) mass is 337 g/mol. The van der Waals surface area contributed by atoms with Crippen LogP contribution in [0.3, 0.4) is 0 Å². The van der Waals surface area contributed by atoms with Crippen molar-refractivity contribution in [3.8, 4) is 0 Å². The van der Waals surface area contributed by atoms with E-state index in [-0.39, 0.29) is 17.5 Å². The molecule has 0 radical (unpaired) electrons. The van der Waals surface area contributed by atoms with Gasteiger partial charge in [-0.05, 0) is 30.9 Å². The van der Waals surface area contributed by atoms with Gasteiger partial charge in [0, 0.05) is 13.1 Å². The van der Waals surface area contributed by atoms with Crippen LogP contribution in [0.5, 0.6) is 0 Å². The highest BCUT2D eigenvalue weighted by atomic mass is 19.3. The van der Waals surface area contributed by atoms with Gasteiger partial charge in [0.1, 0.15) is 5.82 Å². The summed E-state index contributed by atoms with van der Waals surface area (Å²) in [5, 5.41) is 11.4. The molecule has 0 spiro atoms. The standard InChI is InChI=1S/C15H17F2N5O2/c1-24-14(23)15-6-2-3-9(15)7-21(8-15)11-5-4-10-18-19-13(12(16)17)22(10)20-11/h4-5,9,12H,2-3,6-8H2,1H3. The molecular weight excluding hydrogens is 320 g/mol. The van der Waals surface area contributed by atoms with Gasteiger partial charge in [-0.2, -0.15) is 4.52 Å². The van der Waals surface area contributed by atoms with E-state index in [1.807, 2.05) is 4.90 Å². The number of hydrogen-bond acceptors (Lipinski definition) is 6. The van der Waals surface area contributed by atoms with Crippen molar-refractivity contribution in [3.63, 3.8) is 0 Å². The average Bonchev–Trinajstić information content (AvgIpc) is 3.24. The molecular formula is C15H17F2N5O2. The molecule has 2 aromatic rings. The second kappa shape index (κ2) is 5.35. The number of methoxy groups -OCH3 is 1. The van der Waals surface area contributed by atoms with Crippen molar-refractivity contribution in [3.05, 3.63) is 18.0 Å². The number of aromatic nitrogens is 4. The molecule has 128 valence electrons. The van der Waals surface area contributed by atoms with Crippen molar-refractivity contribution in [2.45, 2.75) is 25.7 Å². The zero-order chi connectivity index (χ0) is 16.9. The predicted molar refractivity (Wildman–Crippen MR) is 79.7 cm³/mol. The van der Waals surface area contributed by atoms with Crippen LogP contribution in [-0.2, 0) is 9.53 Å². The lowest BCUT2D eigenvalue weighted by molar-refractivity contribution is -0.152. The van der Waals surface area contributed by atoms with Crippen LogP contribution in [-0.4, -0.2) is 46.0 Å². The maximum Gasteiger partial charge on any atom is 0.313 e. The van der Waals surface area contributed by atoms with Gasteiger partial charge in [0.15, 0.2) is 5.65 Å². The van der Waals surface area contributed by atoms with Crippen LogP contribution in [0.25, 0.3) is 5.65 Å². The summed E-state index contributed by atoms with van der Waals surface area (Å²) < 4.78 is 32.1. The molecule has 0 amide bonds. The quantitative estimate of drug-likeness (QED) is 0.796. The Kier molecular flexibility index (Phi) is 3.40. The van der Waals surface area contributed by atoms with Crippen LogP contribution in [0.15, 0.2) is 12.1 Å². The lowest BCUT2D eigenvalue weighted by Gasteiger charge is -2.25. The fourth-order valence-corrected chi connectivity index (χ4v) is 4.10. The van der Waals surface area contributed by atoms with E-state index in [2.05, 4.69) is 15.3 Å². The zero-order valence-electron chi connectivity index (χ0n) is 13.2. The second-order valence-electron chi connectivity index (χ2n) is 6.44. The molecule has 0 N–H and O–H groups in total. The first-order chi connectivity index (χ1) is 11.5. The van der Waals surface area contributed by atoms with Gasteiger partial charge in [0.2, 0.25) is 5.82 Å². The predicted octanol–water partition coefficient (Wildman–Crippen LogP) is 1.84. The highest BCUT2D eigenvalue weighted by Gasteiger charge is 2.55. The number of hydrogen-bond donors (Lipinski definition) is 0. The number of fused-ring (bicyclic) bond motifs is 2. The largest absolute Gasteiger partial charge is 0.469 e. The van der Waals surface area contributed by atoms with Gasteiger partial charge >= 0.3 is 5.97 Å². The number of carbonyl (C=O) groups is 1. The molecule has 3 heterocycles. The molecule has 0 aromatic carbocycles. The second-order valence-corrected chi connectivity index (χ2v) is 6.44. The van der Waals surface area contributed by atoms with Crippen molar-refractivity contribution < 1.29 is 18.3 Å². The maximum atomic E-state index is 13.0. The Labute approximate surface area is 136 Å². The van der Waals surface area contributed by atoms with Gasteiger partial charge in [0.25, 0.3) is 6.43 Å². The smallest absolute Gasteiger partial charge is 0.313 e. The molecule has 4 rings (SSSR count). The van der Waals surface area contributed by atoms with E-state index >= 15 is 0 Å². The van der Waals surface area contributed by atoms with E-state index in [9.17, 15) is 13.6 Å². The van der Waals surface area contributed by atoms with Crippen molar-refractivity contribution in [2.75, 3.05) is 25.1 Å². The fraction of sp³-hybridized carbons (Fsp3) is 0.600. The Hall–Kier alpha value is -2.32. The number of rotatable bonds is 3. The minimum Gasteiger partial charge on any atom is -0.469 e. The average molecular weight is 337 g/mol. The molecule has 2 fully saturated rings. The number of halogens is 2. The third kappa shape index (κ3) is 2.06. The summed E-state index contributed by atoms with van der Waals surface area (Å²) >= 11 is 0. The minimum absolute atomic E-state index is 0.189. The van der Waals surface area contributed by atoms with Crippen molar-refractivity contribution in [1.82, 2.24) is 19.8 Å². The van der Waals surface area contributed by atoms with Crippen molar-refractivity contribution in [1.29, 1.82) is 0 Å². The summed E-state index contributed by atoms with van der Waals surface area (Å²) in [5.41, 5.74) is -0.236. The van der Waals surface area contributed by atoms with E-state index in [0.29, 0.717) is 18.9 Å². The molecule has 1 aliphatic carbocycles. The lowest BCUT2D eigenvalue weighted by atomic mass is 9.81. The van der Waals surface area contributed by atoms with E-state index in [1.54, 1.807) is 12.1 Å². The number of alkyl halides is 2. The molecule has 24 heavy (non-hydrogen) atoms. The molecule has 2 unspecified atom stereocenters. The molecule has 9 heteroatoms. The van der Waals surface area contributed by atoms with Gasteiger partial charge in [-0.1, -0.05) is 6.42 Å². The Morgan fingerprint density at radius 3 is 3.00 bits per heavy atom. The van der Waals surface area contributed by atoms with Gasteiger partial charge < -0.3 is 9.64 Å². The molecule has 2 atom stereocenters. The van der Waals surface area contributed by atoms with Crippen LogP contribution in [0, 0.1) is 11.3 Å². The van der Waals surface area contributed by atoms with Crippen LogP contribution >= 0.6 is 0 Å². The Bertz CT molecular complexity index is 795. The molecule has 2 aromatic heterocycles. The molecule has 1 aliphatic heterocycles. The third-order valence-electron chi connectivity index (χ3n) is 5.25. The Morgan fingerprint density at radius 2 is 2.25 bits per heavy atom. The van der Waals surface area contributed by atoms with Crippen LogP contribution in [0.1, 0.15) is 31.5 Å². The summed E-state index contributed by atoms with van der Waals surface area (Å²) in [6.45, 7) is 1.16. The Morgan fingerprint density at radius 1 is 1.42 bits per heavy atom. The van der Waals surface area contributed by atoms with E-state index in [1.165, 1.54) is 7.11 Å². The number of anilines is 1. The van der Waals surface area contributed by atoms with E-state index in [0.717, 1.165) is 23.8 Å². The summed E-state index contributed by atoms with van der Waals surface area (Å²) in [5.74, 6) is 0.0832. The van der Waals surface area contributed by atoms with Crippen molar-refractivity contribution >= 4 is 17.4 Å². The van der Waals surface area contributed by atoms with Gasteiger partial charge in [0.05, 0.1) is 12.5 Å². The van der Waals surface area contributed by atoms with Gasteiger partial charge in [-0.25, -0.2) is 8.78 Å². The lowest BCUT2D eigenvalue weighted by Crippen LogP contribution is -2.37. The first kappa shape index (κ1) is 15.2. The first-order valence-corrected chi connectivity index (χ1v) is 7.89. The molecule has 2 aliphatic rings. The van der Waals surface area contributed by atoms with Gasteiger partial charge in [-0.15, -0.1) is 15.3 Å². The number of nitrogens with zero attached hydrogens (tertiary/aromatic N) is 5. The summed E-state index contributed by atoms with van der Waals surface area (Å²) in [6, 6.07) is 3.34. The van der Waals surface area contributed by atoms with Crippen LogP contribution in [0.2, 0.25) is 0 Å². The Balaban J connectivity index is 1.69. The maximum absolute atomic E-state index is 13.0. The third-order valence-corrected chi connectivity index (χ3v) is 5.25. The normalized spacial score (nSPS) is 26.3. The molecule has 0 bridgehead atoms. The van der Waals surface area contributed by atoms with Crippen molar-refractivity contribution in [2.24, 2.45) is 11.3 Å². The number of carbonyl (C=O) groups excluding carboxylic acids is 1. The fourth-order valence-electron chi connectivity index (χ4n) is 4.10. The first-order valence-electron chi connectivity index (χ1n) is 7.89. The van der Waals surface area contributed by atoms with Gasteiger partial charge in [-0.3, -0.25) is 4.79 Å². The zero-order valence-corrected chi connectivity index (χ0v) is 13.2. The molecule has 1 saturated carbocycles. The van der Waals surface area contributed by atoms with Crippen LogP contribution in [0.4, 0.5) is 14.6 Å². The van der Waals surface area contributed by atoms with E-state index in [4.69, 9.17) is 4.74 Å². The number of esters is 1. The topological polar surface area (TPSA) is 72.6 Å². The van der Waals surface area contributed by atoms with E-state index < -0.39 is 17.7 Å². The molecule has 1 saturated heterocycles. The summed E-state index contributed by atoms with van der Waals surface area (Å²) in [7, 11) is 1.41. The highest BCUT2D eigenvalue weighted by molar-refractivity contribution is 5.79. The van der Waals surface area contributed by atoms with Crippen LogP contribution < -0.4 is 4.90 Å². The number of ether oxygens (including phenoxy) is 1.